The van der Waals surface area contributed by atoms with Crippen LogP contribution < -0.4 is 0 Å². The standard InChI is InChI=1S/C9H12O2S/c10-6-7-12-9(11)8-4-2-1-3-5-8/h1-5,10-12H,6-7H2. The zero-order valence-electron chi connectivity index (χ0n) is 6.64. The van der Waals surface area contributed by atoms with E-state index in [1.165, 1.54) is 0 Å². The Morgan fingerprint density at radius 2 is 1.92 bits per heavy atom. The van der Waals surface area contributed by atoms with Crippen LogP contribution in [0.3, 0.4) is 0 Å². The predicted molar refractivity (Wildman–Crippen MR) is 54.1 cm³/mol. The predicted octanol–water partition coefficient (Wildman–Crippen LogP) is 1.18. The largest absolute Gasteiger partial charge is 0.396 e. The molecule has 1 rings (SSSR count). The van der Waals surface area contributed by atoms with Gasteiger partial charge in [0.15, 0.2) is 0 Å². The molecule has 0 saturated heterocycles. The second-order valence-electron chi connectivity index (χ2n) is 2.29. The maximum absolute atomic E-state index is 9.44. The topological polar surface area (TPSA) is 40.5 Å². The molecule has 0 heterocycles. The summed E-state index contributed by atoms with van der Waals surface area (Å²) in [5.74, 6) is 0.584. The van der Waals surface area contributed by atoms with E-state index in [2.05, 4.69) is 0 Å². The second kappa shape index (κ2) is 5.09. The van der Waals surface area contributed by atoms with Gasteiger partial charge < -0.3 is 10.2 Å². The average Bonchev–Trinajstić information content (AvgIpc) is 2.15. The first-order chi connectivity index (χ1) is 5.84. The average molecular weight is 184 g/mol. The van der Waals surface area contributed by atoms with Gasteiger partial charge in [-0.1, -0.05) is 30.3 Å². The molecule has 2 N–H and O–H groups in total. The van der Waals surface area contributed by atoms with E-state index in [-0.39, 0.29) is 6.61 Å². The molecule has 66 valence electrons. The number of hydrogen-bond donors (Lipinski definition) is 3. The molecule has 0 saturated carbocycles. The molecule has 3 heteroatoms. The second-order valence-corrected chi connectivity index (χ2v) is 3.48. The van der Waals surface area contributed by atoms with E-state index in [1.54, 1.807) is 0 Å². The fourth-order valence-corrected chi connectivity index (χ4v) is 1.48. The van der Waals surface area contributed by atoms with E-state index < -0.39 is 0 Å². The first-order valence-corrected chi connectivity index (χ1v) is 4.82. The van der Waals surface area contributed by atoms with Crippen molar-refractivity contribution in [3.8, 4) is 0 Å². The van der Waals surface area contributed by atoms with E-state index in [0.29, 0.717) is 10.8 Å². The molecule has 0 aliphatic rings. The number of hydrogen-bond acceptors (Lipinski definition) is 1. The molecule has 0 unspecified atom stereocenters. The van der Waals surface area contributed by atoms with Crippen LogP contribution in [-0.2, 0) is 0 Å². The highest BCUT2D eigenvalue weighted by atomic mass is 32.1. The van der Waals surface area contributed by atoms with Crippen LogP contribution in [0.15, 0.2) is 30.3 Å². The molecule has 0 aliphatic heterocycles. The van der Waals surface area contributed by atoms with E-state index >= 15 is 0 Å². The quantitative estimate of drug-likeness (QED) is 0.487. The molecule has 0 aromatic heterocycles. The van der Waals surface area contributed by atoms with Crippen molar-refractivity contribution in [3.05, 3.63) is 35.9 Å². The monoisotopic (exact) mass is 184 g/mol. The molecule has 2 nitrogen and oxygen atoms in total. The van der Waals surface area contributed by atoms with E-state index in [4.69, 9.17) is 5.11 Å². The smallest absolute Gasteiger partial charge is 0.100 e. The van der Waals surface area contributed by atoms with Gasteiger partial charge in [-0.25, -0.2) is 0 Å². The van der Waals surface area contributed by atoms with Crippen molar-refractivity contribution in [3.63, 3.8) is 0 Å². The van der Waals surface area contributed by atoms with Crippen LogP contribution in [0.5, 0.6) is 0 Å². The molecule has 1 aromatic rings. The lowest BCUT2D eigenvalue weighted by Gasteiger charge is -1.98. The van der Waals surface area contributed by atoms with Crippen molar-refractivity contribution in [1.82, 2.24) is 0 Å². The van der Waals surface area contributed by atoms with E-state index in [9.17, 15) is 5.11 Å². The van der Waals surface area contributed by atoms with Crippen LogP contribution in [0.25, 0.3) is 0 Å². The van der Waals surface area contributed by atoms with Crippen molar-refractivity contribution in [1.29, 1.82) is 0 Å². The third kappa shape index (κ3) is 2.77. The van der Waals surface area contributed by atoms with Crippen LogP contribution in [0.1, 0.15) is 5.56 Å². The molecule has 1 aromatic carbocycles. The molecule has 0 aliphatic carbocycles. The molecular formula is C9H12O2S. The Hall–Kier alpha value is -0.640. The van der Waals surface area contributed by atoms with Gasteiger partial charge in [0.1, 0.15) is 5.05 Å². The van der Waals surface area contributed by atoms with Gasteiger partial charge in [0.25, 0.3) is 0 Å². The lowest BCUT2D eigenvalue weighted by molar-refractivity contribution is 0.323. The highest BCUT2D eigenvalue weighted by Gasteiger charge is 1.93. The van der Waals surface area contributed by atoms with Gasteiger partial charge >= 0.3 is 0 Å². The van der Waals surface area contributed by atoms with Gasteiger partial charge in [0, 0.05) is 11.3 Å². The minimum atomic E-state index is 0.110. The Morgan fingerprint density at radius 1 is 1.25 bits per heavy atom. The number of benzene rings is 1. The van der Waals surface area contributed by atoms with Crippen LogP contribution in [0.4, 0.5) is 0 Å². The summed E-state index contributed by atoms with van der Waals surface area (Å²) in [6, 6.07) is 9.35. The fourth-order valence-electron chi connectivity index (χ4n) is 0.834. The molecule has 0 bridgehead atoms. The Morgan fingerprint density at radius 3 is 2.50 bits per heavy atom. The summed E-state index contributed by atoms with van der Waals surface area (Å²) in [6.07, 6.45) is 0. The van der Waals surface area contributed by atoms with Gasteiger partial charge in [-0.15, -0.1) is 0 Å². The molecule has 0 fully saturated rings. The maximum atomic E-state index is 9.44. The van der Waals surface area contributed by atoms with Crippen LogP contribution >= 0.6 is 11.4 Å². The van der Waals surface area contributed by atoms with Gasteiger partial charge in [-0.2, -0.15) is 11.4 Å². The SMILES string of the molecule is OCC[SH]=C(O)c1ccccc1. The lowest BCUT2D eigenvalue weighted by atomic mass is 10.2. The highest BCUT2D eigenvalue weighted by Crippen LogP contribution is 2.02. The minimum Gasteiger partial charge on any atom is -0.396 e. The molecular weight excluding hydrogens is 172 g/mol. The van der Waals surface area contributed by atoms with Gasteiger partial charge in [-0.05, 0) is 0 Å². The molecule has 0 radical (unpaired) electrons. The molecule has 0 atom stereocenters. The summed E-state index contributed by atoms with van der Waals surface area (Å²) in [5.41, 5.74) is 0.826. The van der Waals surface area contributed by atoms with Gasteiger partial charge in [0.05, 0.1) is 6.61 Å². The number of thiol groups is 1. The van der Waals surface area contributed by atoms with Crippen molar-refractivity contribution in [2.24, 2.45) is 0 Å². The maximum Gasteiger partial charge on any atom is 0.100 e. The minimum absolute atomic E-state index is 0.110. The third-order valence-corrected chi connectivity index (χ3v) is 2.37. The Bertz CT molecular complexity index is 256. The summed E-state index contributed by atoms with van der Waals surface area (Å²) < 4.78 is 0. The third-order valence-electron chi connectivity index (χ3n) is 1.39. The number of aliphatic hydroxyl groups excluding tert-OH is 2. The summed E-state index contributed by atoms with van der Waals surface area (Å²) in [7, 11) is 0. The summed E-state index contributed by atoms with van der Waals surface area (Å²) >= 11 is 0.779. The summed E-state index contributed by atoms with van der Waals surface area (Å²) in [6.45, 7) is 0.110. The van der Waals surface area contributed by atoms with Crippen LogP contribution in [0.2, 0.25) is 0 Å². The summed E-state index contributed by atoms with van der Waals surface area (Å²) in [4.78, 5) is 0. The van der Waals surface area contributed by atoms with Crippen molar-refractivity contribution in [2.75, 3.05) is 12.4 Å². The Balaban J connectivity index is 2.71. The number of rotatable bonds is 3. The number of aliphatic hydroxyl groups is 2. The first-order valence-electron chi connectivity index (χ1n) is 3.74. The Labute approximate surface area is 75.4 Å². The zero-order chi connectivity index (χ0) is 8.81. The van der Waals surface area contributed by atoms with Crippen LogP contribution in [-0.4, -0.2) is 27.6 Å². The highest BCUT2D eigenvalue weighted by molar-refractivity contribution is 7.98. The Kier molecular flexibility index (Phi) is 4.00. The molecule has 12 heavy (non-hydrogen) atoms. The lowest BCUT2D eigenvalue weighted by Crippen LogP contribution is -1.97. The molecule has 0 spiro atoms. The zero-order valence-corrected chi connectivity index (χ0v) is 7.54. The fraction of sp³-hybridized carbons (Fsp3) is 0.222. The van der Waals surface area contributed by atoms with Crippen molar-refractivity contribution < 1.29 is 10.2 Å². The first kappa shape index (κ1) is 9.45. The summed E-state index contributed by atoms with van der Waals surface area (Å²) in [5, 5.41) is 18.3. The molecule has 0 amide bonds. The van der Waals surface area contributed by atoms with Gasteiger partial charge in [0.2, 0.25) is 0 Å². The van der Waals surface area contributed by atoms with E-state index in [0.717, 1.165) is 16.9 Å². The van der Waals surface area contributed by atoms with Crippen molar-refractivity contribution in [2.45, 2.75) is 0 Å². The normalized spacial score (nSPS) is 12.3. The van der Waals surface area contributed by atoms with Gasteiger partial charge in [-0.3, -0.25) is 0 Å². The van der Waals surface area contributed by atoms with Crippen molar-refractivity contribution >= 4 is 16.4 Å². The van der Waals surface area contributed by atoms with Crippen LogP contribution in [0, 0.1) is 0 Å². The van der Waals surface area contributed by atoms with E-state index in [1.807, 2.05) is 30.3 Å².